The van der Waals surface area contributed by atoms with Gasteiger partial charge >= 0.3 is 0 Å². The summed E-state index contributed by atoms with van der Waals surface area (Å²) in [6, 6.07) is -1.62. The van der Waals surface area contributed by atoms with Crippen molar-refractivity contribution < 1.29 is 35.0 Å². The lowest BCUT2D eigenvalue weighted by molar-refractivity contribution is -0.295. The van der Waals surface area contributed by atoms with Crippen LogP contribution in [-0.4, -0.2) is 87.1 Å². The first kappa shape index (κ1) is 18.0. The molecule has 2 aliphatic rings. The van der Waals surface area contributed by atoms with Crippen molar-refractivity contribution in [3.8, 4) is 0 Å². The molecule has 1 aliphatic heterocycles. The molecule has 9 heteroatoms. The van der Waals surface area contributed by atoms with E-state index in [-0.39, 0.29) is 5.92 Å². The number of aliphatic hydroxyl groups is 5. The largest absolute Gasteiger partial charge is 0.394 e. The smallest absolute Gasteiger partial charge is 0.176 e. The van der Waals surface area contributed by atoms with Crippen molar-refractivity contribution in [1.82, 2.24) is 0 Å². The number of hydrogen-bond acceptors (Lipinski definition) is 9. The number of nitrogens with two attached hydrogens (primary N) is 2. The molecule has 1 saturated heterocycles. The summed E-state index contributed by atoms with van der Waals surface area (Å²) in [6.07, 6.45) is -7.60. The Kier molecular flexibility index (Phi) is 5.75. The van der Waals surface area contributed by atoms with Crippen LogP contribution in [0.1, 0.15) is 13.3 Å². The molecule has 0 aromatic heterocycles. The number of rotatable bonds is 3. The fourth-order valence-electron chi connectivity index (χ4n) is 3.05. The fourth-order valence-corrected chi connectivity index (χ4v) is 3.05. The lowest BCUT2D eigenvalue weighted by atomic mass is 9.80. The molecule has 9 nitrogen and oxygen atoms in total. The molecule has 2 rings (SSSR count). The molecule has 4 unspecified atom stereocenters. The second-order valence-electron chi connectivity index (χ2n) is 6.24. The van der Waals surface area contributed by atoms with E-state index in [0.29, 0.717) is 6.42 Å². The zero-order valence-electron chi connectivity index (χ0n) is 12.4. The number of aliphatic hydroxyl groups excluding tert-OH is 5. The minimum atomic E-state index is -1.35. The Morgan fingerprint density at radius 3 is 2.27 bits per heavy atom. The van der Waals surface area contributed by atoms with Crippen molar-refractivity contribution in [3.05, 3.63) is 0 Å². The first-order valence-electron chi connectivity index (χ1n) is 7.43. The average molecular weight is 322 g/mol. The lowest BCUT2D eigenvalue weighted by Gasteiger charge is -2.45. The molecule has 1 heterocycles. The van der Waals surface area contributed by atoms with Gasteiger partial charge in [0, 0.05) is 6.04 Å². The van der Waals surface area contributed by atoms with Crippen LogP contribution in [0.4, 0.5) is 0 Å². The van der Waals surface area contributed by atoms with Gasteiger partial charge in [-0.15, -0.1) is 0 Å². The topological polar surface area (TPSA) is 172 Å². The van der Waals surface area contributed by atoms with E-state index in [0.717, 1.165) is 0 Å². The summed E-state index contributed by atoms with van der Waals surface area (Å²) in [7, 11) is 0. The van der Waals surface area contributed by atoms with Crippen LogP contribution in [-0.2, 0) is 9.47 Å². The average Bonchev–Trinajstić information content (AvgIpc) is 2.49. The van der Waals surface area contributed by atoms with Crippen molar-refractivity contribution in [2.75, 3.05) is 6.61 Å². The third-order valence-electron chi connectivity index (χ3n) is 4.56. The molecular formula is C13H26N2O7. The van der Waals surface area contributed by atoms with E-state index in [1.807, 2.05) is 0 Å². The maximum atomic E-state index is 10.1. The Bertz CT molecular complexity index is 372. The van der Waals surface area contributed by atoms with Crippen molar-refractivity contribution in [2.45, 2.75) is 68.3 Å². The summed E-state index contributed by atoms with van der Waals surface area (Å²) < 4.78 is 10.9. The molecule has 2 fully saturated rings. The summed E-state index contributed by atoms with van der Waals surface area (Å²) in [4.78, 5) is 0. The molecule has 1 saturated carbocycles. The number of hydrogen-bond donors (Lipinski definition) is 7. The van der Waals surface area contributed by atoms with Crippen LogP contribution >= 0.6 is 0 Å². The van der Waals surface area contributed by atoms with Gasteiger partial charge < -0.3 is 46.5 Å². The molecule has 0 aromatic rings. The quantitative estimate of drug-likeness (QED) is 0.275. The normalized spacial score (nSPS) is 53.5. The van der Waals surface area contributed by atoms with E-state index in [2.05, 4.69) is 0 Å². The second-order valence-corrected chi connectivity index (χ2v) is 6.24. The van der Waals surface area contributed by atoms with Gasteiger partial charge in [-0.05, 0) is 12.3 Å². The van der Waals surface area contributed by atoms with Crippen molar-refractivity contribution in [2.24, 2.45) is 17.4 Å². The van der Waals surface area contributed by atoms with E-state index in [1.54, 1.807) is 6.92 Å². The maximum Gasteiger partial charge on any atom is 0.176 e. The van der Waals surface area contributed by atoms with Gasteiger partial charge in [0.2, 0.25) is 0 Å². The predicted octanol–water partition coefficient (Wildman–Crippen LogP) is -3.77. The van der Waals surface area contributed by atoms with Crippen LogP contribution in [0.2, 0.25) is 0 Å². The minimum Gasteiger partial charge on any atom is -0.394 e. The molecule has 9 N–H and O–H groups in total. The Balaban J connectivity index is 2.08. The fraction of sp³-hybridized carbons (Fsp3) is 1.00. The Hall–Kier alpha value is -0.360. The highest BCUT2D eigenvalue weighted by molar-refractivity contribution is 4.97. The standard InChI is InChI=1S/C13H26N2O7/c1-4-2-5(14)12(11(20)8(4)17)22-13-7(15)10(19)9(18)6(3-16)21-13/h4-13,16-20H,2-3,14-15H2,1H3/t4-,5?,6?,7?,8?,9+,10-,11-,12+,13+/m1/s1. The molecule has 0 spiro atoms. The van der Waals surface area contributed by atoms with Crippen LogP contribution in [0.3, 0.4) is 0 Å². The van der Waals surface area contributed by atoms with Gasteiger partial charge in [-0.1, -0.05) is 6.92 Å². The van der Waals surface area contributed by atoms with Gasteiger partial charge in [0.25, 0.3) is 0 Å². The van der Waals surface area contributed by atoms with Crippen molar-refractivity contribution in [1.29, 1.82) is 0 Å². The van der Waals surface area contributed by atoms with Crippen LogP contribution in [0.5, 0.6) is 0 Å². The molecule has 0 radical (unpaired) electrons. The molecule has 0 aromatic carbocycles. The zero-order chi connectivity index (χ0) is 16.6. The highest BCUT2D eigenvalue weighted by atomic mass is 16.7. The van der Waals surface area contributed by atoms with Crippen LogP contribution in [0.15, 0.2) is 0 Å². The summed E-state index contributed by atoms with van der Waals surface area (Å²) in [5, 5.41) is 48.8. The Labute approximate surface area is 128 Å². The van der Waals surface area contributed by atoms with Crippen LogP contribution < -0.4 is 11.5 Å². The summed E-state index contributed by atoms with van der Waals surface area (Å²) in [6.45, 7) is 1.25. The van der Waals surface area contributed by atoms with Gasteiger partial charge in [0.1, 0.15) is 30.5 Å². The van der Waals surface area contributed by atoms with Crippen molar-refractivity contribution >= 4 is 0 Å². The van der Waals surface area contributed by atoms with Gasteiger partial charge in [-0.3, -0.25) is 0 Å². The third kappa shape index (κ3) is 3.28. The first-order chi connectivity index (χ1) is 10.3. The zero-order valence-corrected chi connectivity index (χ0v) is 12.4. The third-order valence-corrected chi connectivity index (χ3v) is 4.56. The predicted molar refractivity (Wildman–Crippen MR) is 74.4 cm³/mol. The molecular weight excluding hydrogens is 296 g/mol. The monoisotopic (exact) mass is 322 g/mol. The highest BCUT2D eigenvalue weighted by Crippen LogP contribution is 2.29. The van der Waals surface area contributed by atoms with E-state index in [1.165, 1.54) is 0 Å². The first-order valence-corrected chi connectivity index (χ1v) is 7.43. The van der Waals surface area contributed by atoms with E-state index < -0.39 is 61.6 Å². The van der Waals surface area contributed by atoms with Gasteiger partial charge in [0.15, 0.2) is 6.29 Å². The van der Waals surface area contributed by atoms with E-state index in [4.69, 9.17) is 26.0 Å². The van der Waals surface area contributed by atoms with Crippen LogP contribution in [0, 0.1) is 5.92 Å². The Morgan fingerprint density at radius 2 is 1.68 bits per heavy atom. The highest BCUT2D eigenvalue weighted by Gasteiger charge is 2.47. The molecule has 1 aliphatic carbocycles. The molecule has 130 valence electrons. The second kappa shape index (κ2) is 7.04. The molecule has 22 heavy (non-hydrogen) atoms. The molecule has 10 atom stereocenters. The molecule has 0 bridgehead atoms. The Morgan fingerprint density at radius 1 is 1.05 bits per heavy atom. The molecule has 0 amide bonds. The summed E-state index contributed by atoms with van der Waals surface area (Å²) in [5.74, 6) is -0.177. The van der Waals surface area contributed by atoms with Gasteiger partial charge in [0.05, 0.1) is 18.8 Å². The summed E-state index contributed by atoms with van der Waals surface area (Å²) >= 11 is 0. The van der Waals surface area contributed by atoms with Crippen LogP contribution in [0.25, 0.3) is 0 Å². The van der Waals surface area contributed by atoms with Crippen molar-refractivity contribution in [3.63, 3.8) is 0 Å². The maximum absolute atomic E-state index is 10.1. The summed E-state index contributed by atoms with van der Waals surface area (Å²) in [5.41, 5.74) is 11.7. The van der Waals surface area contributed by atoms with E-state index in [9.17, 15) is 20.4 Å². The van der Waals surface area contributed by atoms with Gasteiger partial charge in [-0.2, -0.15) is 0 Å². The minimum absolute atomic E-state index is 0.177. The van der Waals surface area contributed by atoms with E-state index >= 15 is 0 Å². The SMILES string of the molecule is C[C@@H]1CC(N)[C@H](O[C@@H]2OC(CO)[C@H](O)[C@H](O)C2N)[C@H](O)C1O. The van der Waals surface area contributed by atoms with Gasteiger partial charge in [-0.25, -0.2) is 0 Å². The number of ether oxygens (including phenoxy) is 2. The lowest BCUT2D eigenvalue weighted by Crippen LogP contribution is -2.65.